The molecule has 0 heterocycles. The standard InChI is InChI=1S/C14H22N2O2/c1-5-16(11(3)9-18-4)14(17)12-8-10(2)6-7-13(12)15/h6-8,11H,5,9,15H2,1-4H3. The Morgan fingerprint density at radius 3 is 2.72 bits per heavy atom. The van der Waals surface area contributed by atoms with Crippen LogP contribution in [-0.4, -0.2) is 37.1 Å². The minimum Gasteiger partial charge on any atom is -0.398 e. The van der Waals surface area contributed by atoms with Gasteiger partial charge in [0.2, 0.25) is 0 Å². The predicted octanol–water partition coefficient (Wildman–Crippen LogP) is 2.07. The normalized spacial score (nSPS) is 12.2. The number of hydrogen-bond acceptors (Lipinski definition) is 3. The fraction of sp³-hybridized carbons (Fsp3) is 0.500. The van der Waals surface area contributed by atoms with E-state index in [0.717, 1.165) is 5.56 Å². The summed E-state index contributed by atoms with van der Waals surface area (Å²) in [6, 6.07) is 5.55. The molecule has 4 heteroatoms. The maximum Gasteiger partial charge on any atom is 0.256 e. The molecule has 1 aromatic carbocycles. The lowest BCUT2D eigenvalue weighted by Gasteiger charge is -2.28. The number of anilines is 1. The number of ether oxygens (including phenoxy) is 1. The molecule has 0 radical (unpaired) electrons. The molecule has 2 N–H and O–H groups in total. The van der Waals surface area contributed by atoms with Crippen LogP contribution in [0.3, 0.4) is 0 Å². The van der Waals surface area contributed by atoms with Gasteiger partial charge in [0.05, 0.1) is 18.2 Å². The molecule has 0 aromatic heterocycles. The Morgan fingerprint density at radius 1 is 1.50 bits per heavy atom. The highest BCUT2D eigenvalue weighted by Gasteiger charge is 2.21. The molecule has 4 nitrogen and oxygen atoms in total. The van der Waals surface area contributed by atoms with Gasteiger partial charge < -0.3 is 15.4 Å². The molecule has 0 aliphatic carbocycles. The molecule has 1 atom stereocenters. The molecule has 1 unspecified atom stereocenters. The zero-order valence-electron chi connectivity index (χ0n) is 11.6. The van der Waals surface area contributed by atoms with Gasteiger partial charge >= 0.3 is 0 Å². The maximum absolute atomic E-state index is 12.5. The van der Waals surface area contributed by atoms with Crippen molar-refractivity contribution in [2.75, 3.05) is 26.0 Å². The first-order valence-electron chi connectivity index (χ1n) is 6.17. The van der Waals surface area contributed by atoms with E-state index in [9.17, 15) is 4.79 Å². The summed E-state index contributed by atoms with van der Waals surface area (Å²) in [6.45, 7) is 7.03. The van der Waals surface area contributed by atoms with Crippen molar-refractivity contribution in [1.29, 1.82) is 0 Å². The van der Waals surface area contributed by atoms with Crippen molar-refractivity contribution in [2.24, 2.45) is 0 Å². The second-order valence-electron chi connectivity index (χ2n) is 4.49. The van der Waals surface area contributed by atoms with Crippen LogP contribution in [0, 0.1) is 6.92 Å². The van der Waals surface area contributed by atoms with Crippen molar-refractivity contribution in [3.8, 4) is 0 Å². The monoisotopic (exact) mass is 250 g/mol. The van der Waals surface area contributed by atoms with Crippen molar-refractivity contribution in [3.05, 3.63) is 29.3 Å². The van der Waals surface area contributed by atoms with E-state index in [1.54, 1.807) is 18.1 Å². The minimum absolute atomic E-state index is 0.0346. The van der Waals surface area contributed by atoms with Crippen molar-refractivity contribution < 1.29 is 9.53 Å². The Labute approximate surface area is 109 Å². The molecule has 100 valence electrons. The Bertz CT molecular complexity index is 418. The average Bonchev–Trinajstić information content (AvgIpc) is 2.33. The highest BCUT2D eigenvalue weighted by atomic mass is 16.5. The second-order valence-corrected chi connectivity index (χ2v) is 4.49. The van der Waals surface area contributed by atoms with Crippen LogP contribution in [0.1, 0.15) is 29.8 Å². The van der Waals surface area contributed by atoms with Crippen LogP contribution < -0.4 is 5.73 Å². The minimum atomic E-state index is -0.0387. The van der Waals surface area contributed by atoms with Crippen LogP contribution in [-0.2, 0) is 4.74 Å². The maximum atomic E-state index is 12.5. The quantitative estimate of drug-likeness (QED) is 0.814. The fourth-order valence-electron chi connectivity index (χ4n) is 2.00. The van der Waals surface area contributed by atoms with Crippen LogP contribution >= 0.6 is 0 Å². The molecule has 18 heavy (non-hydrogen) atoms. The van der Waals surface area contributed by atoms with Crippen LogP contribution in [0.15, 0.2) is 18.2 Å². The van der Waals surface area contributed by atoms with Crippen LogP contribution in [0.5, 0.6) is 0 Å². The molecule has 0 aliphatic rings. The average molecular weight is 250 g/mol. The Balaban J connectivity index is 2.99. The van der Waals surface area contributed by atoms with E-state index in [1.165, 1.54) is 0 Å². The SMILES string of the molecule is CCN(C(=O)c1cc(C)ccc1N)C(C)COC. The van der Waals surface area contributed by atoms with Gasteiger partial charge in [0.15, 0.2) is 0 Å². The van der Waals surface area contributed by atoms with Crippen molar-refractivity contribution in [3.63, 3.8) is 0 Å². The van der Waals surface area contributed by atoms with E-state index in [-0.39, 0.29) is 11.9 Å². The summed E-state index contributed by atoms with van der Waals surface area (Å²) in [4.78, 5) is 14.2. The zero-order valence-corrected chi connectivity index (χ0v) is 11.6. The number of likely N-dealkylation sites (N-methyl/N-ethyl adjacent to an activating group) is 1. The highest BCUT2D eigenvalue weighted by molar-refractivity contribution is 5.99. The largest absolute Gasteiger partial charge is 0.398 e. The third-order valence-electron chi connectivity index (χ3n) is 2.98. The lowest BCUT2D eigenvalue weighted by atomic mass is 10.1. The first-order valence-corrected chi connectivity index (χ1v) is 6.17. The van der Waals surface area contributed by atoms with Crippen molar-refractivity contribution in [1.82, 2.24) is 4.90 Å². The molecular weight excluding hydrogens is 228 g/mol. The topological polar surface area (TPSA) is 55.6 Å². The summed E-state index contributed by atoms with van der Waals surface area (Å²) in [7, 11) is 1.63. The van der Waals surface area contributed by atoms with E-state index >= 15 is 0 Å². The summed E-state index contributed by atoms with van der Waals surface area (Å²) in [5.74, 6) is -0.0387. The first-order chi connectivity index (χ1) is 8.51. The van der Waals surface area contributed by atoms with Crippen LogP contribution in [0.25, 0.3) is 0 Å². The Hall–Kier alpha value is -1.55. The van der Waals surface area contributed by atoms with E-state index in [4.69, 9.17) is 10.5 Å². The number of hydrogen-bond donors (Lipinski definition) is 1. The van der Waals surface area contributed by atoms with E-state index in [0.29, 0.717) is 24.4 Å². The Morgan fingerprint density at radius 2 is 2.17 bits per heavy atom. The summed E-state index contributed by atoms with van der Waals surface area (Å²) < 4.78 is 5.10. The van der Waals surface area contributed by atoms with Gasteiger partial charge in [0.1, 0.15) is 0 Å². The third kappa shape index (κ3) is 3.23. The summed E-state index contributed by atoms with van der Waals surface area (Å²) >= 11 is 0. The smallest absolute Gasteiger partial charge is 0.256 e. The van der Waals surface area contributed by atoms with Crippen LogP contribution in [0.2, 0.25) is 0 Å². The summed E-state index contributed by atoms with van der Waals surface area (Å²) in [5.41, 5.74) is 8.00. The first kappa shape index (κ1) is 14.5. The van der Waals surface area contributed by atoms with E-state index in [2.05, 4.69) is 0 Å². The molecule has 1 aromatic rings. The van der Waals surface area contributed by atoms with Gasteiger partial charge in [-0.2, -0.15) is 0 Å². The number of aryl methyl sites for hydroxylation is 1. The summed E-state index contributed by atoms with van der Waals surface area (Å²) in [5, 5.41) is 0. The molecule has 0 aliphatic heterocycles. The molecule has 0 saturated carbocycles. The predicted molar refractivity (Wildman–Crippen MR) is 73.6 cm³/mol. The van der Waals surface area contributed by atoms with E-state index in [1.807, 2.05) is 32.9 Å². The second kappa shape index (κ2) is 6.40. The van der Waals surface area contributed by atoms with Gasteiger partial charge in [-0.3, -0.25) is 4.79 Å². The molecule has 0 fully saturated rings. The van der Waals surface area contributed by atoms with Crippen molar-refractivity contribution in [2.45, 2.75) is 26.8 Å². The van der Waals surface area contributed by atoms with Crippen LogP contribution in [0.4, 0.5) is 5.69 Å². The number of benzene rings is 1. The molecule has 1 amide bonds. The number of nitrogens with zero attached hydrogens (tertiary/aromatic N) is 1. The highest BCUT2D eigenvalue weighted by Crippen LogP contribution is 2.17. The lowest BCUT2D eigenvalue weighted by molar-refractivity contribution is 0.0580. The van der Waals surface area contributed by atoms with Gasteiger partial charge in [-0.15, -0.1) is 0 Å². The van der Waals surface area contributed by atoms with Gasteiger partial charge in [-0.05, 0) is 32.9 Å². The number of methoxy groups -OCH3 is 1. The van der Waals surface area contributed by atoms with Gasteiger partial charge in [0.25, 0.3) is 5.91 Å². The zero-order chi connectivity index (χ0) is 13.7. The van der Waals surface area contributed by atoms with Gasteiger partial charge in [0, 0.05) is 19.3 Å². The van der Waals surface area contributed by atoms with E-state index < -0.39 is 0 Å². The third-order valence-corrected chi connectivity index (χ3v) is 2.98. The number of rotatable bonds is 5. The van der Waals surface area contributed by atoms with Crippen molar-refractivity contribution >= 4 is 11.6 Å². The van der Waals surface area contributed by atoms with Gasteiger partial charge in [-0.25, -0.2) is 0 Å². The fourth-order valence-corrected chi connectivity index (χ4v) is 2.00. The lowest BCUT2D eigenvalue weighted by Crippen LogP contribution is -2.41. The molecular formula is C14H22N2O2. The molecule has 0 spiro atoms. The number of nitrogen functional groups attached to an aromatic ring is 1. The molecule has 0 bridgehead atoms. The molecule has 1 rings (SSSR count). The number of carbonyl (C=O) groups excluding carboxylic acids is 1. The number of amides is 1. The Kier molecular flexibility index (Phi) is 5.16. The summed E-state index contributed by atoms with van der Waals surface area (Å²) in [6.07, 6.45) is 0. The number of carbonyl (C=O) groups is 1. The van der Waals surface area contributed by atoms with Gasteiger partial charge in [-0.1, -0.05) is 11.6 Å². The molecule has 0 saturated heterocycles. The number of nitrogens with two attached hydrogens (primary N) is 1.